The van der Waals surface area contributed by atoms with Gasteiger partial charge < -0.3 is 15.0 Å². The van der Waals surface area contributed by atoms with Crippen molar-refractivity contribution in [2.24, 2.45) is 4.99 Å². The van der Waals surface area contributed by atoms with Gasteiger partial charge in [-0.3, -0.25) is 4.79 Å². The number of thioether (sulfide) groups is 1. The molecule has 2 fully saturated rings. The molecule has 8 nitrogen and oxygen atoms in total. The third kappa shape index (κ3) is 6.88. The highest BCUT2D eigenvalue weighted by Gasteiger charge is 2.48. The van der Waals surface area contributed by atoms with E-state index in [0.717, 1.165) is 11.1 Å². The molecule has 10 heteroatoms. The molecule has 36 heavy (non-hydrogen) atoms. The van der Waals surface area contributed by atoms with Crippen LogP contribution in [0.4, 0.5) is 4.79 Å². The number of aliphatic imine (C=N–C) groups is 1. The molecule has 2 aromatic rings. The Labute approximate surface area is 216 Å². The van der Waals surface area contributed by atoms with Crippen molar-refractivity contribution in [3.05, 3.63) is 71.8 Å². The maximum absolute atomic E-state index is 13.4. The number of sulfone groups is 1. The number of carbonyl (C=O) groups excluding carboxylic acids is 2. The van der Waals surface area contributed by atoms with Gasteiger partial charge in [-0.05, 0) is 31.9 Å². The van der Waals surface area contributed by atoms with Crippen LogP contribution in [-0.2, 0) is 32.3 Å². The fourth-order valence-corrected chi connectivity index (χ4v) is 8.23. The molecule has 0 unspecified atom stereocenters. The lowest BCUT2D eigenvalue weighted by Gasteiger charge is -2.25. The van der Waals surface area contributed by atoms with E-state index in [1.54, 1.807) is 20.8 Å². The maximum atomic E-state index is 13.4. The average Bonchev–Trinajstić information content (AvgIpc) is 3.25. The van der Waals surface area contributed by atoms with Crippen LogP contribution < -0.4 is 5.32 Å². The molecule has 2 amide bonds. The topological polar surface area (TPSA) is 105 Å². The maximum Gasteiger partial charge on any atom is 0.408 e. The minimum absolute atomic E-state index is 0.0360. The van der Waals surface area contributed by atoms with Gasteiger partial charge in [-0.2, -0.15) is 4.99 Å². The lowest BCUT2D eigenvalue weighted by molar-refractivity contribution is -0.119. The first-order valence-electron chi connectivity index (χ1n) is 11.8. The van der Waals surface area contributed by atoms with Crippen molar-refractivity contribution in [3.8, 4) is 0 Å². The molecule has 1 N–H and O–H groups in total. The smallest absolute Gasteiger partial charge is 0.408 e. The summed E-state index contributed by atoms with van der Waals surface area (Å²) in [5, 5.41) is 2.98. The summed E-state index contributed by atoms with van der Waals surface area (Å²) in [6.07, 6.45) is -0.444. The highest BCUT2D eigenvalue weighted by atomic mass is 32.2. The summed E-state index contributed by atoms with van der Waals surface area (Å²) >= 11 is 1.32. The summed E-state index contributed by atoms with van der Waals surface area (Å²) in [4.78, 5) is 32.3. The largest absolute Gasteiger partial charge is 0.444 e. The number of fused-ring (bicyclic) bond motifs is 1. The molecule has 192 valence electrons. The second-order valence-electron chi connectivity index (χ2n) is 10.0. The first-order valence-corrected chi connectivity index (χ1v) is 14.5. The molecule has 2 saturated heterocycles. The summed E-state index contributed by atoms with van der Waals surface area (Å²) in [6, 6.07) is 17.9. The number of alkyl carbamates (subject to hydrolysis) is 1. The zero-order chi connectivity index (χ0) is 25.9. The number of hydrogen-bond acceptors (Lipinski definition) is 6. The lowest BCUT2D eigenvalue weighted by Crippen LogP contribution is -2.45. The number of hydrogen-bond donors (Lipinski definition) is 1. The number of nitrogens with zero attached hydrogens (tertiary/aromatic N) is 2. The molecule has 0 aromatic heterocycles. The minimum Gasteiger partial charge on any atom is -0.444 e. The van der Waals surface area contributed by atoms with E-state index in [1.165, 1.54) is 11.8 Å². The first kappa shape index (κ1) is 26.2. The van der Waals surface area contributed by atoms with E-state index in [9.17, 15) is 18.0 Å². The number of nitrogens with one attached hydrogen (secondary N) is 1. The second kappa shape index (κ2) is 10.6. The van der Waals surface area contributed by atoms with Gasteiger partial charge in [0.25, 0.3) is 5.91 Å². The van der Waals surface area contributed by atoms with Gasteiger partial charge in [-0.25, -0.2) is 13.2 Å². The van der Waals surface area contributed by atoms with Crippen molar-refractivity contribution in [2.45, 2.75) is 56.7 Å². The minimum atomic E-state index is -3.15. The Bertz CT molecular complexity index is 1230. The van der Waals surface area contributed by atoms with E-state index in [1.807, 2.05) is 65.6 Å². The van der Waals surface area contributed by atoms with Gasteiger partial charge in [0.1, 0.15) is 11.6 Å². The van der Waals surface area contributed by atoms with E-state index in [2.05, 4.69) is 10.3 Å². The predicted octanol–water partition coefficient (Wildman–Crippen LogP) is 3.42. The van der Waals surface area contributed by atoms with Crippen LogP contribution >= 0.6 is 11.8 Å². The molecule has 0 saturated carbocycles. The van der Waals surface area contributed by atoms with Crippen LogP contribution in [0, 0.1) is 0 Å². The normalized spacial score (nSPS) is 22.8. The number of benzene rings is 2. The molecule has 2 aliphatic rings. The van der Waals surface area contributed by atoms with Gasteiger partial charge in [0.15, 0.2) is 15.0 Å². The number of amidine groups is 1. The zero-order valence-electron chi connectivity index (χ0n) is 20.6. The molecule has 2 heterocycles. The summed E-state index contributed by atoms with van der Waals surface area (Å²) in [5.41, 5.74) is 1.15. The van der Waals surface area contributed by atoms with Crippen molar-refractivity contribution in [1.82, 2.24) is 10.2 Å². The third-order valence-electron chi connectivity index (χ3n) is 5.85. The highest BCUT2D eigenvalue weighted by Crippen LogP contribution is 2.39. The van der Waals surface area contributed by atoms with Gasteiger partial charge in [0, 0.05) is 18.2 Å². The number of amides is 2. The number of rotatable bonds is 6. The quantitative estimate of drug-likeness (QED) is 0.611. The summed E-state index contributed by atoms with van der Waals surface area (Å²) in [7, 11) is -3.15. The van der Waals surface area contributed by atoms with E-state index >= 15 is 0 Å². The molecule has 2 aliphatic heterocycles. The molecule has 0 aliphatic carbocycles. The Balaban J connectivity index is 1.59. The molecular weight excluding hydrogens is 498 g/mol. The summed E-state index contributed by atoms with van der Waals surface area (Å²) in [6.45, 7) is 5.71. The molecule has 0 bridgehead atoms. The second-order valence-corrected chi connectivity index (χ2v) is 13.4. The van der Waals surface area contributed by atoms with Gasteiger partial charge in [0.2, 0.25) is 0 Å². The van der Waals surface area contributed by atoms with E-state index in [4.69, 9.17) is 4.74 Å². The fourth-order valence-electron chi connectivity index (χ4n) is 4.27. The van der Waals surface area contributed by atoms with Crippen LogP contribution in [0.15, 0.2) is 65.7 Å². The summed E-state index contributed by atoms with van der Waals surface area (Å²) < 4.78 is 30.0. The van der Waals surface area contributed by atoms with Gasteiger partial charge >= 0.3 is 6.09 Å². The Kier molecular flexibility index (Phi) is 7.75. The SMILES string of the molecule is CC(C)(C)OC(=O)N[C@H](Cc1ccccc1)C(=O)N=C1S[C@H]2CS(=O)(=O)C[C@H]2N1Cc1ccccc1. The Morgan fingerprint density at radius 2 is 1.67 bits per heavy atom. The van der Waals surface area contributed by atoms with Crippen LogP contribution in [0.25, 0.3) is 0 Å². The van der Waals surface area contributed by atoms with Crippen LogP contribution in [-0.4, -0.2) is 64.9 Å². The van der Waals surface area contributed by atoms with Crippen molar-refractivity contribution in [2.75, 3.05) is 11.5 Å². The van der Waals surface area contributed by atoms with Crippen molar-refractivity contribution >= 4 is 38.8 Å². The predicted molar refractivity (Wildman–Crippen MR) is 142 cm³/mol. The molecule has 0 radical (unpaired) electrons. The fraction of sp³-hybridized carbons (Fsp3) is 0.423. The standard InChI is InChI=1S/C26H31N3O5S2/c1-26(2,3)34-25(31)27-20(14-18-10-6-4-7-11-18)23(30)28-24-29(15-19-12-8-5-9-13-19)21-16-36(32,33)17-22(21)35-24/h4-13,20-22H,14-17H2,1-3H3,(H,27,31)/t20-,21-,22+/m1/s1. The highest BCUT2D eigenvalue weighted by molar-refractivity contribution is 8.15. The van der Waals surface area contributed by atoms with E-state index < -0.39 is 33.5 Å². The Hall–Kier alpha value is -2.85. The van der Waals surface area contributed by atoms with E-state index in [0.29, 0.717) is 11.7 Å². The molecule has 4 rings (SSSR count). The van der Waals surface area contributed by atoms with Crippen LogP contribution in [0.3, 0.4) is 0 Å². The number of carbonyl (C=O) groups is 2. The lowest BCUT2D eigenvalue weighted by atomic mass is 10.1. The van der Waals surface area contributed by atoms with E-state index in [-0.39, 0.29) is 29.2 Å². The monoisotopic (exact) mass is 529 g/mol. The molecule has 2 aromatic carbocycles. The zero-order valence-corrected chi connectivity index (χ0v) is 22.2. The third-order valence-corrected chi connectivity index (χ3v) is 9.10. The van der Waals surface area contributed by atoms with Crippen LogP contribution in [0.5, 0.6) is 0 Å². The molecule has 0 spiro atoms. The van der Waals surface area contributed by atoms with Gasteiger partial charge in [-0.15, -0.1) is 0 Å². The van der Waals surface area contributed by atoms with Crippen molar-refractivity contribution < 1.29 is 22.7 Å². The van der Waals surface area contributed by atoms with Crippen molar-refractivity contribution in [1.29, 1.82) is 0 Å². The van der Waals surface area contributed by atoms with Crippen LogP contribution in [0.2, 0.25) is 0 Å². The molecular formula is C26H31N3O5S2. The number of ether oxygens (including phenoxy) is 1. The van der Waals surface area contributed by atoms with Crippen LogP contribution in [0.1, 0.15) is 31.9 Å². The first-order chi connectivity index (χ1) is 17.0. The Morgan fingerprint density at radius 3 is 2.28 bits per heavy atom. The van der Waals surface area contributed by atoms with Crippen molar-refractivity contribution in [3.63, 3.8) is 0 Å². The summed E-state index contributed by atoms with van der Waals surface area (Å²) in [5.74, 6) is -0.410. The average molecular weight is 530 g/mol. The van der Waals surface area contributed by atoms with Gasteiger partial charge in [-0.1, -0.05) is 72.4 Å². The molecule has 3 atom stereocenters. The Morgan fingerprint density at radius 1 is 1.06 bits per heavy atom. The van der Waals surface area contributed by atoms with Gasteiger partial charge in [0.05, 0.1) is 17.5 Å².